The standard InChI is InChI=1S/C11H12N2O4S2/c1-7-5-9(18-10(7)11(14)15)12-19(16,17)8-3-4-13(2)6-8/h3-6,12H,1-2H3,(H,14,15). The zero-order chi connectivity index (χ0) is 14.2. The first kappa shape index (κ1) is 13.6. The summed E-state index contributed by atoms with van der Waals surface area (Å²) in [5.74, 6) is -1.06. The van der Waals surface area contributed by atoms with E-state index in [4.69, 9.17) is 5.11 Å². The summed E-state index contributed by atoms with van der Waals surface area (Å²) in [7, 11) is -1.96. The van der Waals surface area contributed by atoms with Crippen molar-refractivity contribution in [2.24, 2.45) is 7.05 Å². The molecule has 2 aromatic heterocycles. The van der Waals surface area contributed by atoms with Crippen LogP contribution < -0.4 is 4.72 Å². The second-order valence-electron chi connectivity index (χ2n) is 4.05. The minimum atomic E-state index is -3.67. The summed E-state index contributed by atoms with van der Waals surface area (Å²) in [5.41, 5.74) is 0.531. The monoisotopic (exact) mass is 300 g/mol. The smallest absolute Gasteiger partial charge is 0.346 e. The zero-order valence-corrected chi connectivity index (χ0v) is 11.9. The van der Waals surface area contributed by atoms with E-state index in [-0.39, 0.29) is 9.77 Å². The molecule has 6 nitrogen and oxygen atoms in total. The van der Waals surface area contributed by atoms with Crippen LogP contribution in [0.3, 0.4) is 0 Å². The molecule has 0 bridgehead atoms. The van der Waals surface area contributed by atoms with E-state index in [1.54, 1.807) is 24.7 Å². The molecule has 2 heterocycles. The normalized spacial score (nSPS) is 11.5. The molecule has 8 heteroatoms. The number of hydrogen-bond donors (Lipinski definition) is 2. The molecule has 0 fully saturated rings. The maximum atomic E-state index is 12.0. The van der Waals surface area contributed by atoms with E-state index in [2.05, 4.69) is 4.72 Å². The number of hydrogen-bond acceptors (Lipinski definition) is 4. The Morgan fingerprint density at radius 1 is 1.47 bits per heavy atom. The molecule has 19 heavy (non-hydrogen) atoms. The molecule has 0 aliphatic rings. The van der Waals surface area contributed by atoms with Crippen LogP contribution in [0.1, 0.15) is 15.2 Å². The second kappa shape index (κ2) is 4.71. The number of thiophene rings is 1. The van der Waals surface area contributed by atoms with Gasteiger partial charge in [0.25, 0.3) is 10.0 Å². The largest absolute Gasteiger partial charge is 0.477 e. The van der Waals surface area contributed by atoms with Crippen molar-refractivity contribution in [1.29, 1.82) is 0 Å². The fourth-order valence-corrected chi connectivity index (χ4v) is 3.82. The van der Waals surface area contributed by atoms with Gasteiger partial charge in [-0.2, -0.15) is 0 Å². The molecule has 0 saturated heterocycles. The van der Waals surface area contributed by atoms with Crippen molar-refractivity contribution in [3.8, 4) is 0 Å². The number of aryl methyl sites for hydroxylation is 2. The number of sulfonamides is 1. The third-order valence-corrected chi connectivity index (χ3v) is 5.08. The Labute approximate surface area is 114 Å². The van der Waals surface area contributed by atoms with E-state index in [1.165, 1.54) is 18.3 Å². The maximum absolute atomic E-state index is 12.0. The molecule has 0 aliphatic heterocycles. The Balaban J connectivity index is 2.31. The van der Waals surface area contributed by atoms with Crippen LogP contribution in [0.5, 0.6) is 0 Å². The number of nitrogens with one attached hydrogen (secondary N) is 1. The summed E-state index contributed by atoms with van der Waals surface area (Å²) in [4.78, 5) is 11.2. The van der Waals surface area contributed by atoms with E-state index < -0.39 is 16.0 Å². The molecule has 0 spiro atoms. The first-order chi connectivity index (χ1) is 8.79. The molecule has 2 N–H and O–H groups in total. The number of nitrogens with zero attached hydrogens (tertiary/aromatic N) is 1. The minimum absolute atomic E-state index is 0.130. The Morgan fingerprint density at radius 2 is 2.16 bits per heavy atom. The molecule has 2 aromatic rings. The molecular formula is C11H12N2O4S2. The average molecular weight is 300 g/mol. The summed E-state index contributed by atoms with van der Waals surface area (Å²) in [6, 6.07) is 2.98. The van der Waals surface area contributed by atoms with Crippen LogP contribution in [0.25, 0.3) is 0 Å². The van der Waals surface area contributed by atoms with Gasteiger partial charge < -0.3 is 9.67 Å². The van der Waals surface area contributed by atoms with Crippen molar-refractivity contribution in [3.05, 3.63) is 35.0 Å². The zero-order valence-electron chi connectivity index (χ0n) is 10.2. The highest BCUT2D eigenvalue weighted by Crippen LogP contribution is 2.28. The highest BCUT2D eigenvalue weighted by Gasteiger charge is 2.19. The van der Waals surface area contributed by atoms with Crippen LogP contribution in [-0.4, -0.2) is 24.1 Å². The van der Waals surface area contributed by atoms with Crippen LogP contribution in [0.2, 0.25) is 0 Å². The van der Waals surface area contributed by atoms with E-state index in [0.29, 0.717) is 10.6 Å². The van der Waals surface area contributed by atoms with Gasteiger partial charge in [-0.1, -0.05) is 0 Å². The Kier molecular flexibility index (Phi) is 3.38. The molecule has 0 unspecified atom stereocenters. The fourth-order valence-electron chi connectivity index (χ4n) is 1.57. The van der Waals surface area contributed by atoms with E-state index in [1.807, 2.05) is 0 Å². The van der Waals surface area contributed by atoms with Gasteiger partial charge in [-0.3, -0.25) is 4.72 Å². The summed E-state index contributed by atoms with van der Waals surface area (Å²) >= 11 is 0.899. The van der Waals surface area contributed by atoms with Gasteiger partial charge in [0.15, 0.2) is 0 Å². The Bertz CT molecular complexity index is 728. The predicted octanol–water partition coefficient (Wildman–Crippen LogP) is 1.89. The number of aromatic nitrogens is 1. The first-order valence-electron chi connectivity index (χ1n) is 5.28. The van der Waals surface area contributed by atoms with Crippen LogP contribution in [-0.2, 0) is 17.1 Å². The van der Waals surface area contributed by atoms with Crippen molar-refractivity contribution in [2.75, 3.05) is 4.72 Å². The number of carboxylic acid groups (broad SMARTS) is 1. The van der Waals surface area contributed by atoms with Gasteiger partial charge in [-0.25, -0.2) is 13.2 Å². The van der Waals surface area contributed by atoms with E-state index in [0.717, 1.165) is 11.3 Å². The quantitative estimate of drug-likeness (QED) is 0.902. The summed E-state index contributed by atoms with van der Waals surface area (Å²) in [6.45, 7) is 1.63. The van der Waals surface area contributed by atoms with Crippen LogP contribution >= 0.6 is 11.3 Å². The number of rotatable bonds is 4. The van der Waals surface area contributed by atoms with Crippen LogP contribution in [0.15, 0.2) is 29.4 Å². The highest BCUT2D eigenvalue weighted by molar-refractivity contribution is 7.93. The second-order valence-corrected chi connectivity index (χ2v) is 6.78. The lowest BCUT2D eigenvalue weighted by Gasteiger charge is -2.02. The first-order valence-corrected chi connectivity index (χ1v) is 7.58. The topological polar surface area (TPSA) is 88.4 Å². The van der Waals surface area contributed by atoms with Crippen molar-refractivity contribution in [1.82, 2.24) is 4.57 Å². The van der Waals surface area contributed by atoms with Gasteiger partial charge in [0.2, 0.25) is 0 Å². The lowest BCUT2D eigenvalue weighted by molar-refractivity contribution is 0.0701. The van der Waals surface area contributed by atoms with Gasteiger partial charge >= 0.3 is 5.97 Å². The van der Waals surface area contributed by atoms with Crippen LogP contribution in [0.4, 0.5) is 5.00 Å². The van der Waals surface area contributed by atoms with Crippen molar-refractivity contribution in [3.63, 3.8) is 0 Å². The molecule has 0 aliphatic carbocycles. The summed E-state index contributed by atoms with van der Waals surface area (Å²) in [6.07, 6.45) is 3.10. The molecule has 0 saturated carbocycles. The molecule has 102 valence electrons. The lowest BCUT2D eigenvalue weighted by atomic mass is 10.3. The molecule has 0 radical (unpaired) electrons. The molecule has 0 amide bonds. The molecule has 2 rings (SSSR count). The van der Waals surface area contributed by atoms with Gasteiger partial charge in [0.05, 0.1) is 0 Å². The number of carbonyl (C=O) groups is 1. The average Bonchev–Trinajstić information content (AvgIpc) is 2.85. The van der Waals surface area contributed by atoms with Gasteiger partial charge in [-0.15, -0.1) is 11.3 Å². The third kappa shape index (κ3) is 2.79. The van der Waals surface area contributed by atoms with Gasteiger partial charge in [0, 0.05) is 19.4 Å². The molecule has 0 aromatic carbocycles. The predicted molar refractivity (Wildman–Crippen MR) is 72.2 cm³/mol. The van der Waals surface area contributed by atoms with Crippen molar-refractivity contribution < 1.29 is 18.3 Å². The van der Waals surface area contributed by atoms with Crippen molar-refractivity contribution in [2.45, 2.75) is 11.8 Å². The number of anilines is 1. The van der Waals surface area contributed by atoms with E-state index in [9.17, 15) is 13.2 Å². The number of carboxylic acids is 1. The fraction of sp³-hybridized carbons (Fsp3) is 0.182. The highest BCUT2D eigenvalue weighted by atomic mass is 32.2. The Morgan fingerprint density at radius 3 is 2.63 bits per heavy atom. The number of aromatic carboxylic acids is 1. The minimum Gasteiger partial charge on any atom is -0.477 e. The molecular weight excluding hydrogens is 288 g/mol. The third-order valence-electron chi connectivity index (χ3n) is 2.46. The Hall–Kier alpha value is -1.80. The summed E-state index contributed by atoms with van der Waals surface area (Å²) < 4.78 is 28.1. The van der Waals surface area contributed by atoms with Gasteiger partial charge in [-0.05, 0) is 24.6 Å². The van der Waals surface area contributed by atoms with Crippen molar-refractivity contribution >= 4 is 32.3 Å². The lowest BCUT2D eigenvalue weighted by Crippen LogP contribution is -2.11. The molecule has 0 atom stereocenters. The van der Waals surface area contributed by atoms with Crippen LogP contribution in [0, 0.1) is 6.92 Å². The SMILES string of the molecule is Cc1cc(NS(=O)(=O)c2ccn(C)c2)sc1C(=O)O. The van der Waals surface area contributed by atoms with Gasteiger partial charge in [0.1, 0.15) is 14.8 Å². The summed E-state index contributed by atoms with van der Waals surface area (Å²) in [5, 5.41) is 9.22. The van der Waals surface area contributed by atoms with E-state index >= 15 is 0 Å². The maximum Gasteiger partial charge on any atom is 0.346 e.